The monoisotopic (exact) mass is 478 g/mol. The normalized spacial score (nSPS) is 21.8. The lowest BCUT2D eigenvalue weighted by Crippen LogP contribution is -2.46. The van der Waals surface area contributed by atoms with Crippen LogP contribution in [-0.2, 0) is 4.79 Å². The largest absolute Gasteiger partial charge is 0.494 e. The molecule has 1 aliphatic heterocycles. The van der Waals surface area contributed by atoms with Crippen molar-refractivity contribution in [2.24, 2.45) is 5.10 Å². The number of benzene rings is 1. The molecule has 1 aromatic carbocycles. The van der Waals surface area contributed by atoms with E-state index in [-0.39, 0.29) is 35.5 Å². The predicted octanol–water partition coefficient (Wildman–Crippen LogP) is 4.42. The second-order valence-electron chi connectivity index (χ2n) is 10.2. The molecule has 35 heavy (non-hydrogen) atoms. The van der Waals surface area contributed by atoms with Gasteiger partial charge in [0.05, 0.1) is 11.8 Å². The smallest absolute Gasteiger partial charge is 0.334 e. The SMILES string of the molecule is CC(=O)N1N=C(c2c(O)n(C3CCCCC3)c(=O)n(C3CCCCC3)c2=O)CC1c1ccccc1. The highest BCUT2D eigenvalue weighted by Gasteiger charge is 2.37. The van der Waals surface area contributed by atoms with Crippen LogP contribution in [0.2, 0.25) is 0 Å². The summed E-state index contributed by atoms with van der Waals surface area (Å²) in [7, 11) is 0. The van der Waals surface area contributed by atoms with Gasteiger partial charge in [-0.25, -0.2) is 9.80 Å². The summed E-state index contributed by atoms with van der Waals surface area (Å²) < 4.78 is 2.85. The molecule has 0 saturated heterocycles. The number of carbonyl (C=O) groups excluding carboxylic acids is 1. The van der Waals surface area contributed by atoms with Crippen LogP contribution in [0, 0.1) is 0 Å². The first-order valence-electron chi connectivity index (χ1n) is 13.0. The Bertz CT molecular complexity index is 1230. The van der Waals surface area contributed by atoms with E-state index in [1.807, 2.05) is 30.3 Å². The molecule has 8 heteroatoms. The maximum atomic E-state index is 13.9. The van der Waals surface area contributed by atoms with Crippen molar-refractivity contribution in [3.63, 3.8) is 0 Å². The van der Waals surface area contributed by atoms with Crippen LogP contribution in [0.5, 0.6) is 5.88 Å². The number of aromatic nitrogens is 2. The topological polar surface area (TPSA) is 96.9 Å². The third-order valence-corrected chi connectivity index (χ3v) is 7.88. The first-order chi connectivity index (χ1) is 17.0. The van der Waals surface area contributed by atoms with Crippen LogP contribution in [0.25, 0.3) is 0 Å². The second-order valence-corrected chi connectivity index (χ2v) is 10.2. The van der Waals surface area contributed by atoms with Crippen LogP contribution >= 0.6 is 0 Å². The van der Waals surface area contributed by atoms with Gasteiger partial charge in [-0.3, -0.25) is 18.7 Å². The zero-order valence-corrected chi connectivity index (χ0v) is 20.4. The third kappa shape index (κ3) is 4.34. The van der Waals surface area contributed by atoms with E-state index < -0.39 is 11.2 Å². The van der Waals surface area contributed by atoms with E-state index in [1.165, 1.54) is 21.1 Å². The summed E-state index contributed by atoms with van der Waals surface area (Å²) in [5.74, 6) is -0.531. The van der Waals surface area contributed by atoms with E-state index >= 15 is 0 Å². The number of hydrogen-bond donors (Lipinski definition) is 1. The van der Waals surface area contributed by atoms with Crippen LogP contribution < -0.4 is 11.2 Å². The first kappa shape index (κ1) is 23.6. The van der Waals surface area contributed by atoms with E-state index in [2.05, 4.69) is 5.10 Å². The Morgan fingerprint density at radius 2 is 1.46 bits per heavy atom. The molecule has 0 radical (unpaired) electrons. The summed E-state index contributed by atoms with van der Waals surface area (Å²) in [6, 6.07) is 8.91. The van der Waals surface area contributed by atoms with Crippen molar-refractivity contribution in [2.45, 2.75) is 95.7 Å². The van der Waals surface area contributed by atoms with Gasteiger partial charge in [0.15, 0.2) is 0 Å². The summed E-state index contributed by atoms with van der Waals surface area (Å²) in [6.45, 7) is 1.45. The highest BCUT2D eigenvalue weighted by Crippen LogP contribution is 2.36. The maximum absolute atomic E-state index is 13.9. The number of hydrogen-bond acceptors (Lipinski definition) is 5. The fraction of sp³-hybridized carbons (Fsp3) is 0.556. The molecule has 186 valence electrons. The van der Waals surface area contributed by atoms with Crippen molar-refractivity contribution in [3.05, 3.63) is 62.3 Å². The minimum Gasteiger partial charge on any atom is -0.494 e. The Kier molecular flexibility index (Phi) is 6.62. The summed E-state index contributed by atoms with van der Waals surface area (Å²) in [6.07, 6.45) is 9.62. The Hall–Kier alpha value is -3.16. The number of rotatable bonds is 4. The molecule has 1 amide bonds. The maximum Gasteiger partial charge on any atom is 0.334 e. The van der Waals surface area contributed by atoms with E-state index in [1.54, 1.807) is 0 Å². The predicted molar refractivity (Wildman–Crippen MR) is 134 cm³/mol. The van der Waals surface area contributed by atoms with Crippen molar-refractivity contribution in [1.82, 2.24) is 14.1 Å². The number of carbonyl (C=O) groups is 1. The average Bonchev–Trinajstić information content (AvgIpc) is 3.31. The highest BCUT2D eigenvalue weighted by molar-refractivity contribution is 6.04. The van der Waals surface area contributed by atoms with Crippen molar-refractivity contribution in [3.8, 4) is 5.88 Å². The second kappa shape index (κ2) is 9.84. The minimum absolute atomic E-state index is 0.0745. The molecule has 1 atom stereocenters. The number of nitrogens with zero attached hydrogens (tertiary/aromatic N) is 4. The fourth-order valence-electron chi connectivity index (χ4n) is 6.10. The minimum atomic E-state index is -0.484. The van der Waals surface area contributed by atoms with Gasteiger partial charge in [0.2, 0.25) is 11.8 Å². The lowest BCUT2D eigenvalue weighted by atomic mass is 9.93. The van der Waals surface area contributed by atoms with Gasteiger partial charge in [0.25, 0.3) is 5.56 Å². The summed E-state index contributed by atoms with van der Waals surface area (Å²) in [5.41, 5.74) is 0.462. The molecule has 5 rings (SSSR count). The molecule has 3 aliphatic rings. The number of amides is 1. The quantitative estimate of drug-likeness (QED) is 0.703. The third-order valence-electron chi connectivity index (χ3n) is 7.88. The lowest BCUT2D eigenvalue weighted by molar-refractivity contribution is -0.130. The fourth-order valence-corrected chi connectivity index (χ4v) is 6.10. The molecule has 0 bridgehead atoms. The average molecular weight is 479 g/mol. The number of hydrazone groups is 1. The Morgan fingerprint density at radius 1 is 0.886 bits per heavy atom. The van der Waals surface area contributed by atoms with Gasteiger partial charge in [0, 0.05) is 25.4 Å². The molecule has 8 nitrogen and oxygen atoms in total. The van der Waals surface area contributed by atoms with Gasteiger partial charge in [-0.05, 0) is 31.2 Å². The zero-order chi connectivity index (χ0) is 24.5. The summed E-state index contributed by atoms with van der Waals surface area (Å²) in [4.78, 5) is 40.0. The van der Waals surface area contributed by atoms with Crippen molar-refractivity contribution < 1.29 is 9.90 Å². The molecule has 2 aliphatic carbocycles. The van der Waals surface area contributed by atoms with Crippen molar-refractivity contribution in [1.29, 1.82) is 0 Å². The van der Waals surface area contributed by atoms with Gasteiger partial charge < -0.3 is 5.11 Å². The van der Waals surface area contributed by atoms with Gasteiger partial charge >= 0.3 is 5.69 Å². The molecular weight excluding hydrogens is 444 g/mol. The molecule has 1 aromatic heterocycles. The van der Waals surface area contributed by atoms with Gasteiger partial charge in [0.1, 0.15) is 5.56 Å². The summed E-state index contributed by atoms with van der Waals surface area (Å²) in [5, 5.41) is 17.4. The van der Waals surface area contributed by atoms with Crippen LogP contribution in [0.1, 0.15) is 107 Å². The van der Waals surface area contributed by atoms with E-state index in [4.69, 9.17) is 0 Å². The van der Waals surface area contributed by atoms with E-state index in [9.17, 15) is 19.5 Å². The van der Waals surface area contributed by atoms with E-state index in [0.29, 0.717) is 12.1 Å². The first-order valence-corrected chi connectivity index (χ1v) is 13.0. The molecule has 2 fully saturated rings. The summed E-state index contributed by atoms with van der Waals surface area (Å²) >= 11 is 0. The molecular formula is C27H34N4O4. The lowest BCUT2D eigenvalue weighted by Gasteiger charge is -2.29. The van der Waals surface area contributed by atoms with E-state index in [0.717, 1.165) is 69.8 Å². The molecule has 2 aromatic rings. The molecule has 1 N–H and O–H groups in total. The van der Waals surface area contributed by atoms with Crippen LogP contribution in [0.15, 0.2) is 45.0 Å². The van der Waals surface area contributed by atoms with Crippen molar-refractivity contribution in [2.75, 3.05) is 0 Å². The Labute approximate surface area is 204 Å². The van der Waals surface area contributed by atoms with Gasteiger partial charge in [-0.1, -0.05) is 68.9 Å². The molecule has 0 spiro atoms. The zero-order valence-electron chi connectivity index (χ0n) is 20.4. The van der Waals surface area contributed by atoms with Gasteiger partial charge in [-0.2, -0.15) is 5.10 Å². The molecule has 2 saturated carbocycles. The van der Waals surface area contributed by atoms with Gasteiger partial charge in [-0.15, -0.1) is 0 Å². The van der Waals surface area contributed by atoms with Crippen LogP contribution in [-0.4, -0.2) is 30.9 Å². The van der Waals surface area contributed by atoms with Crippen LogP contribution in [0.4, 0.5) is 0 Å². The Balaban J connectivity index is 1.66. The van der Waals surface area contributed by atoms with Crippen molar-refractivity contribution >= 4 is 11.6 Å². The molecule has 2 heterocycles. The molecule has 1 unspecified atom stereocenters. The van der Waals surface area contributed by atoms with Crippen LogP contribution in [0.3, 0.4) is 0 Å². The highest BCUT2D eigenvalue weighted by atomic mass is 16.3. The Morgan fingerprint density at radius 3 is 2.03 bits per heavy atom. The standard InChI is InChI=1S/C27H34N4O4/c1-18(32)31-23(19-11-5-2-6-12-19)17-22(28-31)24-25(33)29(20-13-7-3-8-14-20)27(35)30(26(24)34)21-15-9-4-10-16-21/h2,5-6,11-12,20-21,23,33H,3-4,7-10,13-17H2,1H3. The number of aromatic hydroxyl groups is 1.